The summed E-state index contributed by atoms with van der Waals surface area (Å²) < 4.78 is 0. The lowest BCUT2D eigenvalue weighted by Crippen LogP contribution is -2.35. The second-order valence-electron chi connectivity index (χ2n) is 2.67. The lowest BCUT2D eigenvalue weighted by Gasteiger charge is -2.16. The highest BCUT2D eigenvalue weighted by Crippen LogP contribution is 2.13. The van der Waals surface area contributed by atoms with Crippen LogP contribution in [0.15, 0.2) is 36.0 Å². The fourth-order valence-electron chi connectivity index (χ4n) is 0.942. The zero-order chi connectivity index (χ0) is 8.32. The molecule has 60 valence electrons. The monoisotopic (exact) mass is 151 g/mol. The molecule has 0 radical (unpaired) electrons. The first-order valence-electron chi connectivity index (χ1n) is 3.74. The molecule has 0 saturated heterocycles. The van der Waals surface area contributed by atoms with E-state index in [9.17, 15) is 5.11 Å². The van der Waals surface area contributed by atoms with Gasteiger partial charge in [-0.1, -0.05) is 25.2 Å². The van der Waals surface area contributed by atoms with Gasteiger partial charge < -0.3 is 5.11 Å². The average molecular weight is 151 g/mol. The second kappa shape index (κ2) is 3.03. The molecule has 1 aliphatic carbocycles. The van der Waals surface area contributed by atoms with E-state index in [1.165, 1.54) is 0 Å². The maximum Gasteiger partial charge on any atom is 0.152 e. The summed E-state index contributed by atoms with van der Waals surface area (Å²) in [5, 5.41) is 9.24. The maximum atomic E-state index is 9.24. The lowest BCUT2D eigenvalue weighted by atomic mass is 10.0. The van der Waals surface area contributed by atoms with Crippen LogP contribution in [-0.2, 0) is 0 Å². The maximum absolute atomic E-state index is 9.24. The van der Waals surface area contributed by atoms with Gasteiger partial charge >= 0.3 is 0 Å². The summed E-state index contributed by atoms with van der Waals surface area (Å²) >= 11 is 0. The van der Waals surface area contributed by atoms with Crippen molar-refractivity contribution in [2.75, 3.05) is 0 Å². The summed E-state index contributed by atoms with van der Waals surface area (Å²) in [5.41, 5.74) is 5.25. The van der Waals surface area contributed by atoms with Gasteiger partial charge in [0.05, 0.1) is 0 Å². The van der Waals surface area contributed by atoms with Gasteiger partial charge in [-0.25, -0.2) is 0 Å². The third-order valence-electron chi connectivity index (χ3n) is 1.53. The van der Waals surface area contributed by atoms with E-state index in [-0.39, 0.29) is 0 Å². The van der Waals surface area contributed by atoms with Crippen molar-refractivity contribution in [3.8, 4) is 0 Å². The second-order valence-corrected chi connectivity index (χ2v) is 2.67. The Morgan fingerprint density at radius 2 is 2.09 bits per heavy atom. The molecule has 0 aromatic rings. The number of aliphatic hydroxyl groups is 1. The van der Waals surface area contributed by atoms with E-state index in [2.05, 4.69) is 13.0 Å². The van der Waals surface area contributed by atoms with Gasteiger partial charge in [-0.2, -0.15) is 0 Å². The van der Waals surface area contributed by atoms with Crippen molar-refractivity contribution in [3.05, 3.63) is 36.0 Å². The van der Waals surface area contributed by atoms with E-state index in [0.717, 1.165) is 12.0 Å². The zero-order valence-electron chi connectivity index (χ0n) is 6.62. The Hall–Kier alpha value is -0.860. The molecule has 1 aliphatic rings. The van der Waals surface area contributed by atoms with Crippen molar-refractivity contribution in [2.24, 2.45) is 5.73 Å². The van der Waals surface area contributed by atoms with E-state index >= 15 is 0 Å². The molecular weight excluding hydrogens is 138 g/mol. The summed E-state index contributed by atoms with van der Waals surface area (Å²) in [6, 6.07) is 0. The highest BCUT2D eigenvalue weighted by atomic mass is 16.3. The van der Waals surface area contributed by atoms with Gasteiger partial charge in [-0.3, -0.25) is 5.73 Å². The number of rotatable bonds is 1. The smallest absolute Gasteiger partial charge is 0.152 e. The van der Waals surface area contributed by atoms with Crippen molar-refractivity contribution in [3.63, 3.8) is 0 Å². The predicted octanol–water partition coefficient (Wildman–Crippen LogP) is 1.10. The van der Waals surface area contributed by atoms with Crippen LogP contribution in [0.4, 0.5) is 0 Å². The minimum absolute atomic E-state index is 0.993. The number of allylic oxidation sites excluding steroid dienone is 4. The molecule has 0 unspecified atom stereocenters. The van der Waals surface area contributed by atoms with Gasteiger partial charge in [0, 0.05) is 0 Å². The first-order valence-corrected chi connectivity index (χ1v) is 3.74. The Bertz CT molecular complexity index is 206. The third-order valence-corrected chi connectivity index (χ3v) is 1.53. The lowest BCUT2D eigenvalue weighted by molar-refractivity contribution is 0.150. The van der Waals surface area contributed by atoms with Gasteiger partial charge in [0.15, 0.2) is 5.72 Å². The molecule has 0 amide bonds. The summed E-state index contributed by atoms with van der Waals surface area (Å²) in [4.78, 5) is 0. The SMILES string of the molecule is CCC=C1C=CC(N)(O)C=C1. The largest absolute Gasteiger partial charge is 0.369 e. The van der Waals surface area contributed by atoms with Gasteiger partial charge in [0.2, 0.25) is 0 Å². The van der Waals surface area contributed by atoms with Gasteiger partial charge in [0.1, 0.15) is 0 Å². The molecule has 0 aliphatic heterocycles. The molecule has 0 saturated carbocycles. The van der Waals surface area contributed by atoms with Crippen LogP contribution in [0, 0.1) is 0 Å². The van der Waals surface area contributed by atoms with Gasteiger partial charge in [-0.05, 0) is 24.1 Å². The minimum Gasteiger partial charge on any atom is -0.369 e. The third kappa shape index (κ3) is 2.33. The molecule has 11 heavy (non-hydrogen) atoms. The fraction of sp³-hybridized carbons (Fsp3) is 0.333. The fourth-order valence-corrected chi connectivity index (χ4v) is 0.942. The first kappa shape index (κ1) is 8.24. The van der Waals surface area contributed by atoms with Crippen LogP contribution in [0.3, 0.4) is 0 Å². The zero-order valence-corrected chi connectivity index (χ0v) is 6.62. The molecule has 0 aromatic carbocycles. The van der Waals surface area contributed by atoms with Crippen LogP contribution in [0.1, 0.15) is 13.3 Å². The van der Waals surface area contributed by atoms with Crippen LogP contribution in [0.5, 0.6) is 0 Å². The molecule has 0 atom stereocenters. The molecule has 0 fully saturated rings. The molecule has 2 heteroatoms. The summed E-state index contributed by atoms with van der Waals surface area (Å²) in [7, 11) is 0. The molecule has 2 nitrogen and oxygen atoms in total. The molecule has 0 heterocycles. The van der Waals surface area contributed by atoms with Crippen LogP contribution in [0.2, 0.25) is 0 Å². The van der Waals surface area contributed by atoms with Crippen LogP contribution in [0.25, 0.3) is 0 Å². The van der Waals surface area contributed by atoms with Gasteiger partial charge in [-0.15, -0.1) is 0 Å². The van der Waals surface area contributed by atoms with Gasteiger partial charge in [0.25, 0.3) is 0 Å². The van der Waals surface area contributed by atoms with E-state index in [1.807, 2.05) is 12.2 Å². The van der Waals surface area contributed by atoms with Crippen LogP contribution < -0.4 is 5.73 Å². The van der Waals surface area contributed by atoms with E-state index in [4.69, 9.17) is 5.73 Å². The van der Waals surface area contributed by atoms with Crippen molar-refractivity contribution >= 4 is 0 Å². The summed E-state index contributed by atoms with van der Waals surface area (Å²) in [5.74, 6) is 0. The Kier molecular flexibility index (Phi) is 2.27. The van der Waals surface area contributed by atoms with Crippen LogP contribution in [-0.4, -0.2) is 10.8 Å². The number of nitrogens with two attached hydrogens (primary N) is 1. The molecule has 0 spiro atoms. The molecule has 0 bridgehead atoms. The minimum atomic E-state index is -1.24. The number of hydrogen-bond acceptors (Lipinski definition) is 2. The normalized spacial score (nSPS) is 29.2. The van der Waals surface area contributed by atoms with Crippen molar-refractivity contribution < 1.29 is 5.11 Å². The van der Waals surface area contributed by atoms with E-state index in [1.54, 1.807) is 12.2 Å². The average Bonchev–Trinajstić information content (AvgIpc) is 1.94. The van der Waals surface area contributed by atoms with E-state index in [0.29, 0.717) is 0 Å². The van der Waals surface area contributed by atoms with Crippen molar-refractivity contribution in [1.29, 1.82) is 0 Å². The summed E-state index contributed by atoms with van der Waals surface area (Å²) in [6.07, 6.45) is 9.87. The standard InChI is InChI=1S/C9H13NO/c1-2-3-8-4-6-9(10,11)7-5-8/h3-7,11H,2,10H2,1H3. The highest BCUT2D eigenvalue weighted by Gasteiger charge is 2.14. The molecular formula is C9H13NO. The topological polar surface area (TPSA) is 46.2 Å². The van der Waals surface area contributed by atoms with Crippen LogP contribution >= 0.6 is 0 Å². The summed E-state index contributed by atoms with van der Waals surface area (Å²) in [6.45, 7) is 2.07. The highest BCUT2D eigenvalue weighted by molar-refractivity contribution is 5.38. The Balaban J connectivity index is 2.72. The Morgan fingerprint density at radius 3 is 2.55 bits per heavy atom. The molecule has 0 aromatic heterocycles. The number of hydrogen-bond donors (Lipinski definition) is 2. The molecule has 1 rings (SSSR count). The Morgan fingerprint density at radius 1 is 1.55 bits per heavy atom. The quantitative estimate of drug-likeness (QED) is 0.551. The van der Waals surface area contributed by atoms with Crippen molar-refractivity contribution in [2.45, 2.75) is 19.1 Å². The Labute approximate surface area is 66.7 Å². The van der Waals surface area contributed by atoms with Crippen molar-refractivity contribution in [1.82, 2.24) is 0 Å². The molecule has 3 N–H and O–H groups in total. The first-order chi connectivity index (χ1) is 5.14. The van der Waals surface area contributed by atoms with E-state index < -0.39 is 5.72 Å². The predicted molar refractivity (Wildman–Crippen MR) is 45.8 cm³/mol.